The van der Waals surface area contributed by atoms with Gasteiger partial charge in [0, 0.05) is 18.4 Å². The number of hydrogen-bond donors (Lipinski definition) is 1. The first-order valence-electron chi connectivity index (χ1n) is 5.93. The van der Waals surface area contributed by atoms with E-state index in [0.29, 0.717) is 5.69 Å². The lowest BCUT2D eigenvalue weighted by molar-refractivity contribution is 1.01. The Morgan fingerprint density at radius 3 is 2.94 bits per heavy atom. The first kappa shape index (κ1) is 12.1. The van der Waals surface area contributed by atoms with Gasteiger partial charge < -0.3 is 5.32 Å². The maximum Gasteiger partial charge on any atom is 0.142 e. The highest BCUT2D eigenvalue weighted by molar-refractivity contribution is 5.45. The smallest absolute Gasteiger partial charge is 0.142 e. The molecule has 18 heavy (non-hydrogen) atoms. The van der Waals surface area contributed by atoms with Gasteiger partial charge in [-0.2, -0.15) is 5.26 Å². The molecule has 1 aromatic heterocycles. The summed E-state index contributed by atoms with van der Waals surface area (Å²) in [5.74, 6) is 0. The van der Waals surface area contributed by atoms with Gasteiger partial charge in [-0.1, -0.05) is 29.8 Å². The highest BCUT2D eigenvalue weighted by atomic mass is 14.9. The molecule has 0 fully saturated rings. The average Bonchev–Trinajstić information content (AvgIpc) is 2.39. The van der Waals surface area contributed by atoms with E-state index in [-0.39, 0.29) is 0 Å². The molecule has 1 aromatic carbocycles. The van der Waals surface area contributed by atoms with Crippen molar-refractivity contribution in [2.45, 2.75) is 13.3 Å². The third-order valence-corrected chi connectivity index (χ3v) is 2.70. The molecule has 0 spiro atoms. The summed E-state index contributed by atoms with van der Waals surface area (Å²) >= 11 is 0. The van der Waals surface area contributed by atoms with Crippen molar-refractivity contribution >= 4 is 5.69 Å². The van der Waals surface area contributed by atoms with Crippen molar-refractivity contribution in [1.29, 1.82) is 5.26 Å². The summed E-state index contributed by atoms with van der Waals surface area (Å²) < 4.78 is 0. The Morgan fingerprint density at radius 2 is 2.17 bits per heavy atom. The second-order valence-electron chi connectivity index (χ2n) is 4.21. The van der Waals surface area contributed by atoms with Gasteiger partial charge in [-0.15, -0.1) is 0 Å². The van der Waals surface area contributed by atoms with Gasteiger partial charge in [0.05, 0.1) is 0 Å². The van der Waals surface area contributed by atoms with E-state index in [1.54, 1.807) is 12.3 Å². The Kier molecular flexibility index (Phi) is 3.93. The van der Waals surface area contributed by atoms with Crippen molar-refractivity contribution in [3.05, 3.63) is 59.4 Å². The van der Waals surface area contributed by atoms with Crippen LogP contribution in [0.2, 0.25) is 0 Å². The number of nitriles is 1. The first-order chi connectivity index (χ1) is 8.78. The predicted molar refractivity (Wildman–Crippen MR) is 72.3 cm³/mol. The van der Waals surface area contributed by atoms with Crippen LogP contribution in [0.3, 0.4) is 0 Å². The molecule has 0 radical (unpaired) electrons. The van der Waals surface area contributed by atoms with Gasteiger partial charge in [-0.05, 0) is 31.0 Å². The maximum atomic E-state index is 8.76. The van der Waals surface area contributed by atoms with E-state index in [1.165, 1.54) is 11.1 Å². The second kappa shape index (κ2) is 5.83. The minimum Gasteiger partial charge on any atom is -0.385 e. The van der Waals surface area contributed by atoms with Crippen molar-refractivity contribution in [2.24, 2.45) is 0 Å². The zero-order valence-corrected chi connectivity index (χ0v) is 10.4. The number of benzene rings is 1. The number of rotatable bonds is 4. The molecule has 0 unspecified atom stereocenters. The summed E-state index contributed by atoms with van der Waals surface area (Å²) in [4.78, 5) is 3.93. The molecular weight excluding hydrogens is 222 g/mol. The van der Waals surface area contributed by atoms with E-state index in [2.05, 4.69) is 41.5 Å². The van der Waals surface area contributed by atoms with E-state index < -0.39 is 0 Å². The molecule has 0 bridgehead atoms. The Morgan fingerprint density at radius 1 is 1.28 bits per heavy atom. The van der Waals surface area contributed by atoms with Gasteiger partial charge in [0.15, 0.2) is 0 Å². The Balaban J connectivity index is 1.90. The van der Waals surface area contributed by atoms with E-state index in [9.17, 15) is 0 Å². The number of anilines is 1. The van der Waals surface area contributed by atoms with Crippen LogP contribution in [0.15, 0.2) is 42.6 Å². The van der Waals surface area contributed by atoms with Crippen LogP contribution in [-0.4, -0.2) is 11.5 Å². The van der Waals surface area contributed by atoms with Crippen molar-refractivity contribution in [1.82, 2.24) is 4.98 Å². The molecule has 3 heteroatoms. The molecule has 90 valence electrons. The molecular formula is C15H15N3. The molecule has 1 N–H and O–H groups in total. The molecule has 2 rings (SSSR count). The van der Waals surface area contributed by atoms with Gasteiger partial charge in [0.25, 0.3) is 0 Å². The third kappa shape index (κ3) is 3.33. The molecule has 0 atom stereocenters. The summed E-state index contributed by atoms with van der Waals surface area (Å²) in [5.41, 5.74) is 3.98. The Labute approximate surface area is 107 Å². The fourth-order valence-electron chi connectivity index (χ4n) is 1.82. The van der Waals surface area contributed by atoms with Gasteiger partial charge in [0.2, 0.25) is 0 Å². The normalized spacial score (nSPS) is 9.78. The molecule has 0 amide bonds. The zero-order valence-electron chi connectivity index (χ0n) is 10.4. The topological polar surface area (TPSA) is 48.7 Å². The van der Waals surface area contributed by atoms with E-state index in [4.69, 9.17) is 5.26 Å². The second-order valence-corrected chi connectivity index (χ2v) is 4.21. The third-order valence-electron chi connectivity index (χ3n) is 2.70. The fraction of sp³-hybridized carbons (Fsp3) is 0.200. The number of nitrogens with one attached hydrogen (secondary N) is 1. The monoisotopic (exact) mass is 237 g/mol. The van der Waals surface area contributed by atoms with Crippen LogP contribution in [0.4, 0.5) is 5.69 Å². The molecule has 0 aliphatic rings. The first-order valence-corrected chi connectivity index (χ1v) is 5.93. The molecule has 2 aromatic rings. The highest BCUT2D eigenvalue weighted by Gasteiger charge is 1.97. The lowest BCUT2D eigenvalue weighted by atomic mass is 10.1. The van der Waals surface area contributed by atoms with E-state index >= 15 is 0 Å². The van der Waals surface area contributed by atoms with Crippen molar-refractivity contribution in [2.75, 3.05) is 11.9 Å². The maximum absolute atomic E-state index is 8.76. The number of hydrogen-bond acceptors (Lipinski definition) is 3. The van der Waals surface area contributed by atoms with Crippen LogP contribution in [0.1, 0.15) is 16.8 Å². The molecule has 0 aliphatic carbocycles. The fourth-order valence-corrected chi connectivity index (χ4v) is 1.82. The highest BCUT2D eigenvalue weighted by Crippen LogP contribution is 2.08. The molecule has 1 heterocycles. The van der Waals surface area contributed by atoms with Crippen LogP contribution in [0.5, 0.6) is 0 Å². The summed E-state index contributed by atoms with van der Waals surface area (Å²) in [5, 5.41) is 12.1. The van der Waals surface area contributed by atoms with Crippen molar-refractivity contribution < 1.29 is 0 Å². The minimum absolute atomic E-state index is 0.440. The predicted octanol–water partition coefficient (Wildman–Crippen LogP) is 2.92. The van der Waals surface area contributed by atoms with E-state index in [1.807, 2.05) is 12.1 Å². The zero-order chi connectivity index (χ0) is 12.8. The van der Waals surface area contributed by atoms with Crippen LogP contribution < -0.4 is 5.32 Å². The Bertz CT molecular complexity index is 570. The molecule has 0 saturated carbocycles. The summed E-state index contributed by atoms with van der Waals surface area (Å²) in [6, 6.07) is 14.2. The largest absolute Gasteiger partial charge is 0.385 e. The van der Waals surface area contributed by atoms with Gasteiger partial charge in [-0.3, -0.25) is 0 Å². The quantitative estimate of drug-likeness (QED) is 0.889. The van der Waals surface area contributed by atoms with Crippen LogP contribution >= 0.6 is 0 Å². The summed E-state index contributed by atoms with van der Waals surface area (Å²) in [6.07, 6.45) is 2.61. The van der Waals surface area contributed by atoms with Crippen LogP contribution in [0, 0.1) is 18.3 Å². The molecule has 3 nitrogen and oxygen atoms in total. The van der Waals surface area contributed by atoms with Gasteiger partial charge in [-0.25, -0.2) is 4.98 Å². The number of pyridine rings is 1. The number of aromatic nitrogens is 1. The summed E-state index contributed by atoms with van der Waals surface area (Å²) in [6.45, 7) is 2.94. The van der Waals surface area contributed by atoms with Gasteiger partial charge in [0.1, 0.15) is 11.8 Å². The summed E-state index contributed by atoms with van der Waals surface area (Å²) in [7, 11) is 0. The van der Waals surface area contributed by atoms with E-state index in [0.717, 1.165) is 18.7 Å². The van der Waals surface area contributed by atoms with Crippen LogP contribution in [0.25, 0.3) is 0 Å². The van der Waals surface area contributed by atoms with Crippen LogP contribution in [-0.2, 0) is 6.42 Å². The van der Waals surface area contributed by atoms with Gasteiger partial charge >= 0.3 is 0 Å². The minimum atomic E-state index is 0.440. The standard InChI is InChI=1S/C15H15N3/c1-12-3-2-4-13(9-12)5-7-17-14-6-8-18-15(10-14)11-16/h2-4,6,8-10H,5,7H2,1H3,(H,17,18). The Hall–Kier alpha value is -2.34. The SMILES string of the molecule is Cc1cccc(CCNc2ccnc(C#N)c2)c1. The molecule has 0 aliphatic heterocycles. The van der Waals surface area contributed by atoms with Crippen molar-refractivity contribution in [3.63, 3.8) is 0 Å². The number of aryl methyl sites for hydroxylation is 1. The average molecular weight is 237 g/mol. The van der Waals surface area contributed by atoms with Crippen molar-refractivity contribution in [3.8, 4) is 6.07 Å². The lowest BCUT2D eigenvalue weighted by Gasteiger charge is -2.06. The molecule has 0 saturated heterocycles. The number of nitrogens with zero attached hydrogens (tertiary/aromatic N) is 2. The lowest BCUT2D eigenvalue weighted by Crippen LogP contribution is -2.05.